The molecule has 0 radical (unpaired) electrons. The molecule has 6 nitrogen and oxygen atoms in total. The fourth-order valence-corrected chi connectivity index (χ4v) is 3.75. The standard InChI is InChI=1S/C21H22N2O4S/c1-2-18-19(24)22-21(25)23(20(18)28-17-11-7-4-8-12-17)15-26-13-14-27-16-9-5-3-6-10-16/h3-12H,2,13-15H2,1H3,(H,22,24,25). The van der Waals surface area contributed by atoms with Gasteiger partial charge in [0.1, 0.15) is 19.1 Å². The Hall–Kier alpha value is -2.77. The number of benzene rings is 2. The maximum Gasteiger partial charge on any atom is 0.331 e. The van der Waals surface area contributed by atoms with E-state index in [9.17, 15) is 9.59 Å². The molecule has 0 aliphatic heterocycles. The zero-order valence-corrected chi connectivity index (χ0v) is 16.4. The zero-order valence-electron chi connectivity index (χ0n) is 15.6. The highest BCUT2D eigenvalue weighted by Gasteiger charge is 2.15. The van der Waals surface area contributed by atoms with Gasteiger partial charge >= 0.3 is 5.69 Å². The molecule has 1 heterocycles. The fourth-order valence-electron chi connectivity index (χ4n) is 2.63. The molecule has 1 aromatic heterocycles. The van der Waals surface area contributed by atoms with Crippen LogP contribution in [0.5, 0.6) is 5.75 Å². The minimum absolute atomic E-state index is 0.0376. The van der Waals surface area contributed by atoms with Crippen LogP contribution >= 0.6 is 11.8 Å². The maximum atomic E-state index is 12.4. The molecule has 0 aliphatic carbocycles. The van der Waals surface area contributed by atoms with Crippen LogP contribution in [0.2, 0.25) is 0 Å². The second-order valence-corrected chi connectivity index (χ2v) is 7.00. The van der Waals surface area contributed by atoms with Gasteiger partial charge in [0.25, 0.3) is 5.56 Å². The van der Waals surface area contributed by atoms with E-state index in [1.807, 2.05) is 67.6 Å². The van der Waals surface area contributed by atoms with Gasteiger partial charge in [0.15, 0.2) is 0 Å². The Balaban J connectivity index is 1.72. The number of H-pyrrole nitrogens is 1. The predicted molar refractivity (Wildman–Crippen MR) is 109 cm³/mol. The first-order valence-corrected chi connectivity index (χ1v) is 9.85. The van der Waals surface area contributed by atoms with Crippen LogP contribution in [0.15, 0.2) is 80.2 Å². The summed E-state index contributed by atoms with van der Waals surface area (Å²) in [6, 6.07) is 19.1. The van der Waals surface area contributed by atoms with Gasteiger partial charge in [-0.25, -0.2) is 4.79 Å². The Morgan fingerprint density at radius 3 is 2.32 bits per heavy atom. The summed E-state index contributed by atoms with van der Waals surface area (Å²) < 4.78 is 12.7. The van der Waals surface area contributed by atoms with Crippen molar-refractivity contribution in [1.29, 1.82) is 0 Å². The van der Waals surface area contributed by atoms with Gasteiger partial charge < -0.3 is 9.47 Å². The van der Waals surface area contributed by atoms with Crippen molar-refractivity contribution in [1.82, 2.24) is 9.55 Å². The van der Waals surface area contributed by atoms with Gasteiger partial charge in [-0.15, -0.1) is 0 Å². The summed E-state index contributed by atoms with van der Waals surface area (Å²) in [4.78, 5) is 27.9. The summed E-state index contributed by atoms with van der Waals surface area (Å²) in [5, 5.41) is 0.603. The summed E-state index contributed by atoms with van der Waals surface area (Å²) in [5.41, 5.74) is -0.267. The number of para-hydroxylation sites is 1. The van der Waals surface area contributed by atoms with Crippen molar-refractivity contribution in [2.75, 3.05) is 13.2 Å². The lowest BCUT2D eigenvalue weighted by atomic mass is 10.2. The topological polar surface area (TPSA) is 73.3 Å². The van der Waals surface area contributed by atoms with Crippen molar-refractivity contribution in [3.8, 4) is 5.75 Å². The first kappa shape index (κ1) is 20.0. The molecule has 0 atom stereocenters. The number of nitrogens with one attached hydrogen (secondary N) is 1. The minimum Gasteiger partial charge on any atom is -0.491 e. The predicted octanol–water partition coefficient (Wildman–Crippen LogP) is 3.30. The smallest absolute Gasteiger partial charge is 0.331 e. The first-order valence-electron chi connectivity index (χ1n) is 9.03. The molecule has 0 aliphatic rings. The SMILES string of the molecule is CCc1c(Sc2ccccc2)n(COCCOc2ccccc2)c(=O)[nH]c1=O. The van der Waals surface area contributed by atoms with Crippen molar-refractivity contribution in [2.45, 2.75) is 30.0 Å². The van der Waals surface area contributed by atoms with E-state index in [0.717, 1.165) is 10.6 Å². The Morgan fingerprint density at radius 1 is 0.964 bits per heavy atom. The molecule has 0 amide bonds. The van der Waals surface area contributed by atoms with Gasteiger partial charge in [0.2, 0.25) is 0 Å². The normalized spacial score (nSPS) is 10.8. The highest BCUT2D eigenvalue weighted by atomic mass is 32.2. The average molecular weight is 398 g/mol. The minimum atomic E-state index is -0.482. The first-order chi connectivity index (χ1) is 13.7. The summed E-state index contributed by atoms with van der Waals surface area (Å²) in [7, 11) is 0. The van der Waals surface area contributed by atoms with E-state index in [-0.39, 0.29) is 12.3 Å². The third kappa shape index (κ3) is 5.15. The van der Waals surface area contributed by atoms with E-state index in [0.29, 0.717) is 30.2 Å². The molecule has 0 unspecified atom stereocenters. The van der Waals surface area contributed by atoms with E-state index in [1.54, 1.807) is 0 Å². The van der Waals surface area contributed by atoms with Crippen molar-refractivity contribution in [3.63, 3.8) is 0 Å². The summed E-state index contributed by atoms with van der Waals surface area (Å²) in [5.74, 6) is 0.765. The number of rotatable bonds is 9. The Bertz CT molecular complexity index is 1000. The lowest BCUT2D eigenvalue weighted by Gasteiger charge is -2.15. The highest BCUT2D eigenvalue weighted by molar-refractivity contribution is 7.99. The number of hydrogen-bond donors (Lipinski definition) is 1. The van der Waals surface area contributed by atoms with Crippen molar-refractivity contribution < 1.29 is 9.47 Å². The van der Waals surface area contributed by atoms with Crippen LogP contribution in [0, 0.1) is 0 Å². The van der Waals surface area contributed by atoms with Crippen LogP contribution in [0.4, 0.5) is 0 Å². The molecule has 1 N–H and O–H groups in total. The quantitative estimate of drug-likeness (QED) is 0.442. The number of hydrogen-bond acceptors (Lipinski definition) is 5. The molecule has 0 saturated heterocycles. The van der Waals surface area contributed by atoms with Crippen molar-refractivity contribution in [2.24, 2.45) is 0 Å². The second kappa shape index (κ2) is 9.96. The van der Waals surface area contributed by atoms with E-state index in [1.165, 1.54) is 16.3 Å². The third-order valence-corrected chi connectivity index (χ3v) is 5.18. The monoisotopic (exact) mass is 398 g/mol. The summed E-state index contributed by atoms with van der Waals surface area (Å²) >= 11 is 1.39. The largest absolute Gasteiger partial charge is 0.491 e. The maximum absolute atomic E-state index is 12.4. The fraction of sp³-hybridized carbons (Fsp3) is 0.238. The molecule has 0 saturated carbocycles. The van der Waals surface area contributed by atoms with Crippen molar-refractivity contribution >= 4 is 11.8 Å². The number of aromatic nitrogens is 2. The third-order valence-electron chi connectivity index (χ3n) is 4.01. The molecule has 146 valence electrons. The van der Waals surface area contributed by atoms with Gasteiger partial charge in [0.05, 0.1) is 11.6 Å². The number of ether oxygens (including phenoxy) is 2. The van der Waals surface area contributed by atoms with Gasteiger partial charge in [-0.05, 0) is 30.7 Å². The van der Waals surface area contributed by atoms with Crippen LogP contribution in [-0.4, -0.2) is 22.8 Å². The van der Waals surface area contributed by atoms with Crippen molar-refractivity contribution in [3.05, 3.63) is 87.1 Å². The molecule has 2 aromatic carbocycles. The Labute approximate surface area is 167 Å². The van der Waals surface area contributed by atoms with E-state index in [4.69, 9.17) is 9.47 Å². The number of nitrogens with zero attached hydrogens (tertiary/aromatic N) is 1. The van der Waals surface area contributed by atoms with Gasteiger partial charge in [-0.3, -0.25) is 14.3 Å². The summed E-state index contributed by atoms with van der Waals surface area (Å²) in [6.45, 7) is 2.61. The summed E-state index contributed by atoms with van der Waals surface area (Å²) in [6.07, 6.45) is 0.516. The van der Waals surface area contributed by atoms with Crippen LogP contribution in [0.1, 0.15) is 12.5 Å². The molecule has 3 rings (SSSR count). The highest BCUT2D eigenvalue weighted by Crippen LogP contribution is 2.28. The van der Waals surface area contributed by atoms with Gasteiger partial charge in [-0.2, -0.15) is 0 Å². The van der Waals surface area contributed by atoms with Crippen LogP contribution in [-0.2, 0) is 17.9 Å². The molecule has 7 heteroatoms. The molecule has 0 bridgehead atoms. The molecule has 0 spiro atoms. The van der Waals surface area contributed by atoms with Gasteiger partial charge in [0, 0.05) is 10.5 Å². The van der Waals surface area contributed by atoms with Crippen LogP contribution in [0.25, 0.3) is 0 Å². The van der Waals surface area contributed by atoms with E-state index in [2.05, 4.69) is 4.98 Å². The van der Waals surface area contributed by atoms with E-state index >= 15 is 0 Å². The Kier molecular flexibility index (Phi) is 7.11. The second-order valence-electron chi connectivity index (χ2n) is 5.94. The molecular weight excluding hydrogens is 376 g/mol. The van der Waals surface area contributed by atoms with Crippen LogP contribution < -0.4 is 16.0 Å². The molecule has 0 fully saturated rings. The molecule has 28 heavy (non-hydrogen) atoms. The number of aromatic amines is 1. The van der Waals surface area contributed by atoms with Crippen LogP contribution in [0.3, 0.4) is 0 Å². The molecular formula is C21H22N2O4S. The average Bonchev–Trinajstić information content (AvgIpc) is 2.71. The molecule has 3 aromatic rings. The zero-order chi connectivity index (χ0) is 19.8. The van der Waals surface area contributed by atoms with E-state index < -0.39 is 5.69 Å². The van der Waals surface area contributed by atoms with Gasteiger partial charge in [-0.1, -0.05) is 55.1 Å². The lowest BCUT2D eigenvalue weighted by Crippen LogP contribution is -2.34. The Morgan fingerprint density at radius 2 is 1.64 bits per heavy atom. The lowest BCUT2D eigenvalue weighted by molar-refractivity contribution is 0.0464.